The lowest BCUT2D eigenvalue weighted by molar-refractivity contribution is -0.138. The van der Waals surface area contributed by atoms with Crippen LogP contribution in [0.5, 0.6) is 5.88 Å². The van der Waals surface area contributed by atoms with Crippen molar-refractivity contribution in [2.24, 2.45) is 0 Å². The molecule has 11 heteroatoms. The Morgan fingerprint density at radius 1 is 1.10 bits per heavy atom. The van der Waals surface area contributed by atoms with Gasteiger partial charge in [-0.2, -0.15) is 18.2 Å². The number of fused-ring (bicyclic) bond motifs is 1. The monoisotopic (exact) mass is 450 g/mol. The van der Waals surface area contributed by atoms with Gasteiger partial charge in [-0.1, -0.05) is 6.07 Å². The van der Waals surface area contributed by atoms with Crippen molar-refractivity contribution in [3.63, 3.8) is 0 Å². The molecule has 0 aliphatic carbocycles. The molecule has 3 aromatic heterocycles. The first-order valence-corrected chi connectivity index (χ1v) is 9.10. The predicted molar refractivity (Wildman–Crippen MR) is 104 cm³/mol. The second-order valence-electron chi connectivity index (χ2n) is 6.34. The lowest BCUT2D eigenvalue weighted by Gasteiger charge is -2.12. The second kappa shape index (κ2) is 7.95. The van der Waals surface area contributed by atoms with Crippen molar-refractivity contribution in [2.45, 2.75) is 12.8 Å². The molecule has 0 saturated carbocycles. The molecule has 0 aliphatic rings. The van der Waals surface area contributed by atoms with Gasteiger partial charge < -0.3 is 4.74 Å². The molecule has 0 amide bonds. The summed E-state index contributed by atoms with van der Waals surface area (Å²) in [5.74, 6) is -0.805. The summed E-state index contributed by atoms with van der Waals surface area (Å²) in [7, 11) is 0. The molecule has 3 heterocycles. The van der Waals surface area contributed by atoms with Crippen LogP contribution in [0.3, 0.4) is 0 Å². The number of benzene rings is 1. The van der Waals surface area contributed by atoms with Crippen LogP contribution in [0.2, 0.25) is 5.28 Å². The Balaban J connectivity index is 1.62. The fraction of sp³-hybridized carbons (Fsp3) is 0.100. The molecular weight excluding hydrogens is 440 g/mol. The topological polar surface area (TPSA) is 69.9 Å². The van der Waals surface area contributed by atoms with Gasteiger partial charge in [-0.15, -0.1) is 0 Å². The molecule has 0 saturated heterocycles. The predicted octanol–water partition coefficient (Wildman–Crippen LogP) is 4.57. The summed E-state index contributed by atoms with van der Waals surface area (Å²) in [4.78, 5) is 24.3. The maximum atomic E-state index is 14.6. The SMILES string of the molecule is O=c1c(C(F)(F)F)cccn1-c1ccc(COc2nc(Cl)nc3cccnc23)cc1F. The van der Waals surface area contributed by atoms with Crippen LogP contribution in [0.4, 0.5) is 17.6 Å². The lowest BCUT2D eigenvalue weighted by Crippen LogP contribution is -2.27. The van der Waals surface area contributed by atoms with Crippen LogP contribution in [0.15, 0.2) is 59.7 Å². The van der Waals surface area contributed by atoms with Crippen molar-refractivity contribution in [3.05, 3.63) is 87.4 Å². The number of pyridine rings is 2. The van der Waals surface area contributed by atoms with Gasteiger partial charge in [-0.25, -0.2) is 14.4 Å². The molecule has 4 rings (SSSR count). The van der Waals surface area contributed by atoms with Gasteiger partial charge in [-0.05, 0) is 53.6 Å². The fourth-order valence-corrected chi connectivity index (χ4v) is 3.07. The number of hydrogen-bond donors (Lipinski definition) is 0. The molecule has 0 atom stereocenters. The summed E-state index contributed by atoms with van der Waals surface area (Å²) in [6.45, 7) is -0.131. The average Bonchev–Trinajstić information content (AvgIpc) is 2.71. The van der Waals surface area contributed by atoms with E-state index in [4.69, 9.17) is 16.3 Å². The average molecular weight is 451 g/mol. The van der Waals surface area contributed by atoms with Crippen molar-refractivity contribution < 1.29 is 22.3 Å². The summed E-state index contributed by atoms with van der Waals surface area (Å²) in [5.41, 5.74) is -1.91. The maximum absolute atomic E-state index is 14.6. The zero-order chi connectivity index (χ0) is 22.2. The highest BCUT2D eigenvalue weighted by atomic mass is 35.5. The summed E-state index contributed by atoms with van der Waals surface area (Å²) in [5, 5.41) is -0.0547. The molecule has 0 spiro atoms. The van der Waals surface area contributed by atoms with Crippen molar-refractivity contribution in [3.8, 4) is 11.6 Å². The Hall–Kier alpha value is -3.53. The Bertz CT molecular complexity index is 1340. The van der Waals surface area contributed by atoms with Crippen LogP contribution in [0.1, 0.15) is 11.1 Å². The van der Waals surface area contributed by atoms with Crippen LogP contribution in [0, 0.1) is 5.82 Å². The summed E-state index contributed by atoms with van der Waals surface area (Å²) >= 11 is 5.88. The first kappa shape index (κ1) is 20.7. The Morgan fingerprint density at radius 3 is 2.65 bits per heavy atom. The third kappa shape index (κ3) is 4.19. The van der Waals surface area contributed by atoms with E-state index in [0.29, 0.717) is 27.2 Å². The van der Waals surface area contributed by atoms with Crippen molar-refractivity contribution in [1.29, 1.82) is 0 Å². The summed E-state index contributed by atoms with van der Waals surface area (Å²) < 4.78 is 59.7. The molecule has 0 radical (unpaired) electrons. The minimum Gasteiger partial charge on any atom is -0.471 e. The van der Waals surface area contributed by atoms with E-state index in [1.165, 1.54) is 18.3 Å². The molecule has 1 aromatic carbocycles. The molecule has 4 aromatic rings. The van der Waals surface area contributed by atoms with Crippen LogP contribution in [-0.4, -0.2) is 19.5 Å². The van der Waals surface area contributed by atoms with Crippen LogP contribution >= 0.6 is 11.6 Å². The van der Waals surface area contributed by atoms with Gasteiger partial charge in [0.15, 0.2) is 5.52 Å². The largest absolute Gasteiger partial charge is 0.471 e. The van der Waals surface area contributed by atoms with E-state index in [1.54, 1.807) is 12.1 Å². The van der Waals surface area contributed by atoms with Crippen molar-refractivity contribution in [1.82, 2.24) is 19.5 Å². The zero-order valence-electron chi connectivity index (χ0n) is 15.4. The molecule has 6 nitrogen and oxygen atoms in total. The first-order valence-electron chi connectivity index (χ1n) is 8.73. The molecule has 0 fully saturated rings. The van der Waals surface area contributed by atoms with E-state index in [2.05, 4.69) is 15.0 Å². The third-order valence-corrected chi connectivity index (χ3v) is 4.46. The van der Waals surface area contributed by atoms with Crippen molar-refractivity contribution in [2.75, 3.05) is 0 Å². The van der Waals surface area contributed by atoms with E-state index in [9.17, 15) is 22.4 Å². The van der Waals surface area contributed by atoms with Crippen molar-refractivity contribution >= 4 is 22.6 Å². The number of aromatic nitrogens is 4. The maximum Gasteiger partial charge on any atom is 0.421 e. The van der Waals surface area contributed by atoms with Gasteiger partial charge in [0.1, 0.15) is 18.0 Å². The number of rotatable bonds is 4. The van der Waals surface area contributed by atoms with Gasteiger partial charge in [0.25, 0.3) is 5.56 Å². The minimum atomic E-state index is -4.85. The minimum absolute atomic E-state index is 0.0547. The molecule has 0 aliphatic heterocycles. The zero-order valence-corrected chi connectivity index (χ0v) is 16.2. The molecule has 0 bridgehead atoms. The molecule has 31 heavy (non-hydrogen) atoms. The van der Waals surface area contributed by atoms with Gasteiger partial charge >= 0.3 is 6.18 Å². The highest BCUT2D eigenvalue weighted by Gasteiger charge is 2.34. The van der Waals surface area contributed by atoms with E-state index < -0.39 is 23.1 Å². The smallest absolute Gasteiger partial charge is 0.421 e. The van der Waals surface area contributed by atoms with E-state index in [0.717, 1.165) is 18.3 Å². The van der Waals surface area contributed by atoms with Crippen LogP contribution in [0.25, 0.3) is 16.7 Å². The number of alkyl halides is 3. The quantitative estimate of drug-likeness (QED) is 0.336. The van der Waals surface area contributed by atoms with Gasteiger partial charge in [0, 0.05) is 12.4 Å². The molecule has 158 valence electrons. The van der Waals surface area contributed by atoms with Gasteiger partial charge in [0.05, 0.1) is 11.2 Å². The lowest BCUT2D eigenvalue weighted by atomic mass is 10.2. The number of hydrogen-bond acceptors (Lipinski definition) is 5. The van der Waals surface area contributed by atoms with E-state index in [1.807, 2.05) is 0 Å². The summed E-state index contributed by atoms with van der Waals surface area (Å²) in [6.07, 6.45) is -2.26. The number of nitrogens with zero attached hydrogens (tertiary/aromatic N) is 4. The Morgan fingerprint density at radius 2 is 1.90 bits per heavy atom. The van der Waals surface area contributed by atoms with Gasteiger partial charge in [-0.3, -0.25) is 9.36 Å². The molecular formula is C20H11ClF4N4O2. The second-order valence-corrected chi connectivity index (χ2v) is 6.68. The third-order valence-electron chi connectivity index (χ3n) is 4.30. The van der Waals surface area contributed by atoms with E-state index >= 15 is 0 Å². The van der Waals surface area contributed by atoms with E-state index in [-0.39, 0.29) is 23.5 Å². The molecule has 0 N–H and O–H groups in total. The van der Waals surface area contributed by atoms with Crippen LogP contribution < -0.4 is 10.3 Å². The fourth-order valence-electron chi connectivity index (χ4n) is 2.90. The highest BCUT2D eigenvalue weighted by Crippen LogP contribution is 2.27. The standard InChI is InChI=1S/C20H11ClF4N4O2/c21-19-27-14-4-1-7-26-16(14)17(28-19)31-10-11-5-6-15(13(22)9-11)29-8-2-3-12(18(29)30)20(23,24)25/h1-9H,10H2. The number of halogens is 5. The highest BCUT2D eigenvalue weighted by molar-refractivity contribution is 6.28. The normalized spacial score (nSPS) is 11.6. The Labute approximate surface area is 176 Å². The Kier molecular flexibility index (Phi) is 5.32. The number of ether oxygens (including phenoxy) is 1. The summed E-state index contributed by atoms with van der Waals surface area (Å²) in [6, 6.07) is 8.67. The van der Waals surface area contributed by atoms with Gasteiger partial charge in [0.2, 0.25) is 11.2 Å². The van der Waals surface area contributed by atoms with Crippen LogP contribution in [-0.2, 0) is 12.8 Å². The molecule has 0 unspecified atom stereocenters. The first-order chi connectivity index (χ1) is 14.7.